The van der Waals surface area contributed by atoms with E-state index >= 15 is 0 Å². The van der Waals surface area contributed by atoms with E-state index in [1.807, 2.05) is 0 Å². The highest BCUT2D eigenvalue weighted by molar-refractivity contribution is 6.19. The number of nitrogens with zero attached hydrogens (tertiary/aromatic N) is 2. The summed E-state index contributed by atoms with van der Waals surface area (Å²) in [6.45, 7) is 0. The molecule has 0 aliphatic heterocycles. The Kier molecular flexibility index (Phi) is 3.49. The first kappa shape index (κ1) is 13.1. The zero-order valence-corrected chi connectivity index (χ0v) is 10.2. The number of nitriles is 1. The maximum Gasteiger partial charge on any atom is 0.259 e. The minimum Gasteiger partial charge on any atom is -0.510 e. The maximum atomic E-state index is 13.1. The second-order valence-corrected chi connectivity index (χ2v) is 3.91. The number of aliphatic hydroxyl groups excluding tert-OH is 1. The van der Waals surface area contributed by atoms with Gasteiger partial charge in [0, 0.05) is 6.07 Å². The summed E-state index contributed by atoms with van der Waals surface area (Å²) in [7, 11) is 0. The van der Waals surface area contributed by atoms with E-state index in [9.17, 15) is 14.3 Å². The molecule has 1 aromatic heterocycles. The molecule has 19 heavy (non-hydrogen) atoms. The molecule has 0 aliphatic rings. The summed E-state index contributed by atoms with van der Waals surface area (Å²) in [4.78, 5) is 18.1. The molecular formula is C12H7ClFN3O2. The monoisotopic (exact) mass is 279 g/mol. The quantitative estimate of drug-likeness (QED) is 0.500. The number of aliphatic hydroxyl groups is 1. The lowest BCUT2D eigenvalue weighted by atomic mass is 10.2. The van der Waals surface area contributed by atoms with E-state index in [1.54, 1.807) is 6.07 Å². The molecule has 2 rings (SSSR count). The van der Waals surface area contributed by atoms with E-state index in [2.05, 4.69) is 9.97 Å². The van der Waals surface area contributed by atoms with Crippen molar-refractivity contribution >= 4 is 28.1 Å². The highest BCUT2D eigenvalue weighted by atomic mass is 35.5. The molecule has 2 N–H and O–H groups in total. The number of hydrogen-bond acceptors (Lipinski definition) is 4. The normalized spacial score (nSPS) is 12.1. The average Bonchev–Trinajstić information content (AvgIpc) is 2.38. The Labute approximate surface area is 111 Å². The number of aromatic amines is 1. The van der Waals surface area contributed by atoms with Gasteiger partial charge in [0.15, 0.2) is 5.82 Å². The predicted octanol–water partition coefficient (Wildman–Crippen LogP) is 2.09. The smallest absolute Gasteiger partial charge is 0.259 e. The molecule has 0 spiro atoms. The number of hydrogen-bond donors (Lipinski definition) is 2. The van der Waals surface area contributed by atoms with Crippen LogP contribution in [0.25, 0.3) is 16.5 Å². The summed E-state index contributed by atoms with van der Waals surface area (Å²) < 4.78 is 13.1. The van der Waals surface area contributed by atoms with Crippen LogP contribution in [0.2, 0.25) is 0 Å². The number of alkyl halides is 1. The first-order chi connectivity index (χ1) is 9.06. The van der Waals surface area contributed by atoms with Crippen LogP contribution in [-0.4, -0.2) is 21.0 Å². The van der Waals surface area contributed by atoms with Crippen molar-refractivity contribution < 1.29 is 9.50 Å². The topological polar surface area (TPSA) is 89.8 Å². The lowest BCUT2D eigenvalue weighted by Gasteiger charge is -2.03. The van der Waals surface area contributed by atoms with Gasteiger partial charge in [-0.15, -0.1) is 11.6 Å². The fourth-order valence-electron chi connectivity index (χ4n) is 1.55. The third-order valence-corrected chi connectivity index (χ3v) is 2.69. The Bertz CT molecular complexity index is 777. The molecule has 2 aromatic rings. The number of aromatic nitrogens is 2. The van der Waals surface area contributed by atoms with Crippen LogP contribution in [0.4, 0.5) is 4.39 Å². The second kappa shape index (κ2) is 5.08. The SMILES string of the molecule is N#CC(=C(O)CCl)c1nc2cc(F)ccc2c(=O)[nH]1. The number of rotatable bonds is 2. The van der Waals surface area contributed by atoms with Crippen molar-refractivity contribution in [3.05, 3.63) is 46.0 Å². The minimum absolute atomic E-state index is 0.0915. The fraction of sp³-hybridized carbons (Fsp3) is 0.0833. The van der Waals surface area contributed by atoms with Crippen LogP contribution in [0.15, 0.2) is 28.8 Å². The number of H-pyrrole nitrogens is 1. The van der Waals surface area contributed by atoms with Gasteiger partial charge in [-0.3, -0.25) is 4.79 Å². The van der Waals surface area contributed by atoms with Gasteiger partial charge in [0.25, 0.3) is 5.56 Å². The summed E-state index contributed by atoms with van der Waals surface area (Å²) in [6.07, 6.45) is 0. The van der Waals surface area contributed by atoms with Crippen LogP contribution >= 0.6 is 11.6 Å². The molecule has 0 saturated heterocycles. The second-order valence-electron chi connectivity index (χ2n) is 3.64. The van der Waals surface area contributed by atoms with Gasteiger partial charge in [-0.05, 0) is 12.1 Å². The Balaban J connectivity index is 2.77. The first-order valence-corrected chi connectivity index (χ1v) is 5.68. The Morgan fingerprint density at radius 2 is 2.32 bits per heavy atom. The van der Waals surface area contributed by atoms with E-state index in [-0.39, 0.29) is 28.2 Å². The van der Waals surface area contributed by atoms with Crippen LogP contribution in [0.3, 0.4) is 0 Å². The number of benzene rings is 1. The van der Waals surface area contributed by atoms with Gasteiger partial charge in [0.1, 0.15) is 23.2 Å². The predicted molar refractivity (Wildman–Crippen MR) is 68.2 cm³/mol. The van der Waals surface area contributed by atoms with Gasteiger partial charge in [0.2, 0.25) is 0 Å². The third kappa shape index (κ3) is 2.41. The van der Waals surface area contributed by atoms with E-state index in [0.717, 1.165) is 12.1 Å². The lowest BCUT2D eigenvalue weighted by Crippen LogP contribution is -2.12. The molecule has 0 fully saturated rings. The van der Waals surface area contributed by atoms with Crippen molar-refractivity contribution in [2.24, 2.45) is 0 Å². The van der Waals surface area contributed by atoms with Crippen LogP contribution in [0.1, 0.15) is 5.82 Å². The Morgan fingerprint density at radius 1 is 1.58 bits per heavy atom. The molecule has 1 heterocycles. The van der Waals surface area contributed by atoms with Gasteiger partial charge in [-0.25, -0.2) is 9.37 Å². The molecule has 0 atom stereocenters. The Morgan fingerprint density at radius 3 is 2.95 bits per heavy atom. The standard InChI is InChI=1S/C12H7ClFN3O2/c13-4-10(18)8(5-15)11-16-9-3-6(14)1-2-7(9)12(19)17-11/h1-3,18H,4H2,(H,16,17,19). The number of halogens is 2. The average molecular weight is 280 g/mol. The van der Waals surface area contributed by atoms with Crippen LogP contribution < -0.4 is 5.56 Å². The van der Waals surface area contributed by atoms with Crippen LogP contribution in [0.5, 0.6) is 0 Å². The molecule has 0 amide bonds. The van der Waals surface area contributed by atoms with Crippen molar-refractivity contribution in [2.75, 3.05) is 5.88 Å². The third-order valence-electron chi connectivity index (χ3n) is 2.43. The van der Waals surface area contributed by atoms with Crippen LogP contribution in [-0.2, 0) is 0 Å². The lowest BCUT2D eigenvalue weighted by molar-refractivity contribution is 0.419. The molecule has 0 radical (unpaired) electrons. The summed E-state index contributed by atoms with van der Waals surface area (Å²) in [5, 5.41) is 18.6. The zero-order chi connectivity index (χ0) is 14.0. The van der Waals surface area contributed by atoms with Crippen molar-refractivity contribution in [1.29, 1.82) is 5.26 Å². The summed E-state index contributed by atoms with van der Waals surface area (Å²) >= 11 is 5.42. The van der Waals surface area contributed by atoms with Gasteiger partial charge in [0.05, 0.1) is 16.8 Å². The van der Waals surface area contributed by atoms with Gasteiger partial charge < -0.3 is 10.1 Å². The van der Waals surface area contributed by atoms with Crippen molar-refractivity contribution in [2.45, 2.75) is 0 Å². The summed E-state index contributed by atoms with van der Waals surface area (Å²) in [6, 6.07) is 5.19. The van der Waals surface area contributed by atoms with Gasteiger partial charge >= 0.3 is 0 Å². The van der Waals surface area contributed by atoms with Crippen molar-refractivity contribution in [1.82, 2.24) is 9.97 Å². The first-order valence-electron chi connectivity index (χ1n) is 5.15. The molecular weight excluding hydrogens is 273 g/mol. The maximum absolute atomic E-state index is 13.1. The largest absolute Gasteiger partial charge is 0.510 e. The van der Waals surface area contributed by atoms with Crippen molar-refractivity contribution in [3.63, 3.8) is 0 Å². The minimum atomic E-state index is -0.555. The number of allylic oxidation sites excluding steroid dienone is 2. The fourth-order valence-corrected chi connectivity index (χ4v) is 1.69. The van der Waals surface area contributed by atoms with E-state index in [4.69, 9.17) is 16.9 Å². The molecule has 7 heteroatoms. The van der Waals surface area contributed by atoms with Crippen molar-refractivity contribution in [3.8, 4) is 6.07 Å². The van der Waals surface area contributed by atoms with E-state index < -0.39 is 17.1 Å². The van der Waals surface area contributed by atoms with Gasteiger partial charge in [-0.1, -0.05) is 0 Å². The highest BCUT2D eigenvalue weighted by Crippen LogP contribution is 2.16. The summed E-state index contributed by atoms with van der Waals surface area (Å²) in [5.74, 6) is -1.42. The molecule has 96 valence electrons. The summed E-state index contributed by atoms with van der Waals surface area (Å²) in [5.41, 5.74) is -0.692. The molecule has 5 nitrogen and oxygen atoms in total. The molecule has 0 unspecified atom stereocenters. The molecule has 0 aliphatic carbocycles. The molecule has 0 saturated carbocycles. The van der Waals surface area contributed by atoms with Crippen LogP contribution in [0, 0.1) is 17.1 Å². The Hall–Kier alpha value is -2.39. The highest BCUT2D eigenvalue weighted by Gasteiger charge is 2.12. The van der Waals surface area contributed by atoms with E-state index in [0.29, 0.717) is 0 Å². The van der Waals surface area contributed by atoms with Gasteiger partial charge in [-0.2, -0.15) is 5.26 Å². The molecule has 0 bridgehead atoms. The zero-order valence-electron chi connectivity index (χ0n) is 9.44. The number of fused-ring (bicyclic) bond motifs is 1. The van der Waals surface area contributed by atoms with E-state index in [1.165, 1.54) is 6.07 Å². The number of nitrogens with one attached hydrogen (secondary N) is 1. The molecule has 1 aromatic carbocycles.